The van der Waals surface area contributed by atoms with Gasteiger partial charge in [0.25, 0.3) is 0 Å². The SMILES string of the molecule is C=C(C)CN(CC)Cc1ccc(CNCC(C)C)o1. The highest BCUT2D eigenvalue weighted by Gasteiger charge is 2.08. The lowest BCUT2D eigenvalue weighted by atomic mass is 10.2. The van der Waals surface area contributed by atoms with Crippen molar-refractivity contribution in [1.82, 2.24) is 10.2 Å². The van der Waals surface area contributed by atoms with Gasteiger partial charge in [0.1, 0.15) is 11.5 Å². The van der Waals surface area contributed by atoms with E-state index in [2.05, 4.69) is 56.6 Å². The maximum atomic E-state index is 5.85. The van der Waals surface area contributed by atoms with Crippen molar-refractivity contribution in [3.8, 4) is 0 Å². The van der Waals surface area contributed by atoms with Gasteiger partial charge in [-0.05, 0) is 38.1 Å². The third-order valence-corrected chi connectivity index (χ3v) is 2.89. The lowest BCUT2D eigenvalue weighted by Gasteiger charge is -2.18. The van der Waals surface area contributed by atoms with Crippen LogP contribution in [0, 0.1) is 5.92 Å². The minimum Gasteiger partial charge on any atom is -0.463 e. The molecule has 1 heterocycles. The molecule has 0 spiro atoms. The average molecular weight is 264 g/mol. The Morgan fingerprint density at radius 2 is 2.05 bits per heavy atom. The van der Waals surface area contributed by atoms with E-state index >= 15 is 0 Å². The number of likely N-dealkylation sites (N-methyl/N-ethyl adjacent to an activating group) is 1. The summed E-state index contributed by atoms with van der Waals surface area (Å²) in [5.41, 5.74) is 1.19. The lowest BCUT2D eigenvalue weighted by molar-refractivity contribution is 0.271. The van der Waals surface area contributed by atoms with E-state index in [-0.39, 0.29) is 0 Å². The Kier molecular flexibility index (Phi) is 6.89. The molecule has 1 aromatic rings. The van der Waals surface area contributed by atoms with Crippen LogP contribution in [0.15, 0.2) is 28.7 Å². The highest BCUT2D eigenvalue weighted by Crippen LogP contribution is 2.11. The minimum atomic E-state index is 0.667. The van der Waals surface area contributed by atoms with Gasteiger partial charge in [-0.2, -0.15) is 0 Å². The molecule has 0 amide bonds. The second kappa shape index (κ2) is 8.18. The van der Waals surface area contributed by atoms with Crippen LogP contribution in [-0.4, -0.2) is 24.5 Å². The van der Waals surface area contributed by atoms with Crippen molar-refractivity contribution in [3.05, 3.63) is 35.8 Å². The summed E-state index contributed by atoms with van der Waals surface area (Å²) < 4.78 is 5.85. The Balaban J connectivity index is 2.42. The second-order valence-corrected chi connectivity index (χ2v) is 5.65. The summed E-state index contributed by atoms with van der Waals surface area (Å²) in [6, 6.07) is 4.14. The predicted octanol–water partition coefficient (Wildman–Crippen LogP) is 3.42. The molecule has 0 aromatic carbocycles. The first-order valence-electron chi connectivity index (χ1n) is 7.16. The molecule has 0 fully saturated rings. The van der Waals surface area contributed by atoms with Crippen LogP contribution in [0.2, 0.25) is 0 Å². The van der Waals surface area contributed by atoms with Crippen molar-refractivity contribution >= 4 is 0 Å². The highest BCUT2D eigenvalue weighted by molar-refractivity contribution is 5.07. The lowest BCUT2D eigenvalue weighted by Crippen LogP contribution is -2.24. The largest absolute Gasteiger partial charge is 0.463 e. The Bertz CT molecular complexity index is 382. The molecule has 108 valence electrons. The summed E-state index contributed by atoms with van der Waals surface area (Å²) in [6.07, 6.45) is 0. The molecule has 3 nitrogen and oxygen atoms in total. The van der Waals surface area contributed by atoms with Crippen LogP contribution >= 0.6 is 0 Å². The number of nitrogens with zero attached hydrogens (tertiary/aromatic N) is 1. The van der Waals surface area contributed by atoms with Gasteiger partial charge in [0, 0.05) is 6.54 Å². The zero-order valence-electron chi connectivity index (χ0n) is 12.8. The quantitative estimate of drug-likeness (QED) is 0.693. The molecular weight excluding hydrogens is 236 g/mol. The van der Waals surface area contributed by atoms with Crippen molar-refractivity contribution in [3.63, 3.8) is 0 Å². The van der Waals surface area contributed by atoms with Gasteiger partial charge in [0.2, 0.25) is 0 Å². The van der Waals surface area contributed by atoms with Crippen LogP contribution in [0.3, 0.4) is 0 Å². The van der Waals surface area contributed by atoms with Crippen LogP contribution in [0.4, 0.5) is 0 Å². The highest BCUT2D eigenvalue weighted by atomic mass is 16.3. The van der Waals surface area contributed by atoms with Crippen LogP contribution in [0.25, 0.3) is 0 Å². The monoisotopic (exact) mass is 264 g/mol. The van der Waals surface area contributed by atoms with E-state index in [1.54, 1.807) is 0 Å². The maximum absolute atomic E-state index is 5.85. The third-order valence-electron chi connectivity index (χ3n) is 2.89. The summed E-state index contributed by atoms with van der Waals surface area (Å²) in [5, 5.41) is 3.39. The first kappa shape index (κ1) is 16.0. The normalized spacial score (nSPS) is 11.5. The molecule has 0 bridgehead atoms. The molecule has 19 heavy (non-hydrogen) atoms. The van der Waals surface area contributed by atoms with Crippen molar-refractivity contribution in [1.29, 1.82) is 0 Å². The van der Waals surface area contributed by atoms with E-state index < -0.39 is 0 Å². The number of furan rings is 1. The Hall–Kier alpha value is -1.06. The van der Waals surface area contributed by atoms with E-state index in [1.807, 2.05) is 0 Å². The molecule has 0 saturated heterocycles. The fraction of sp³-hybridized carbons (Fsp3) is 0.625. The van der Waals surface area contributed by atoms with Gasteiger partial charge in [-0.3, -0.25) is 4.90 Å². The summed E-state index contributed by atoms with van der Waals surface area (Å²) in [6.45, 7) is 17.2. The Morgan fingerprint density at radius 1 is 1.37 bits per heavy atom. The number of hydrogen-bond acceptors (Lipinski definition) is 3. The first-order valence-corrected chi connectivity index (χ1v) is 7.16. The third kappa shape index (κ3) is 6.60. The second-order valence-electron chi connectivity index (χ2n) is 5.65. The van der Waals surface area contributed by atoms with Gasteiger partial charge in [0.05, 0.1) is 13.1 Å². The molecular formula is C16H28N2O. The molecule has 0 aliphatic rings. The van der Waals surface area contributed by atoms with Gasteiger partial charge in [-0.15, -0.1) is 0 Å². The summed E-state index contributed by atoms with van der Waals surface area (Å²) in [5.74, 6) is 2.71. The fourth-order valence-electron chi connectivity index (χ4n) is 1.97. The van der Waals surface area contributed by atoms with Gasteiger partial charge in [-0.25, -0.2) is 0 Å². The molecule has 0 saturated carbocycles. The van der Waals surface area contributed by atoms with Crippen LogP contribution in [-0.2, 0) is 13.1 Å². The number of hydrogen-bond donors (Lipinski definition) is 1. The van der Waals surface area contributed by atoms with E-state index in [0.717, 1.165) is 44.2 Å². The molecule has 0 aliphatic carbocycles. The average Bonchev–Trinajstić information content (AvgIpc) is 2.75. The first-order chi connectivity index (χ1) is 9.01. The van der Waals surface area contributed by atoms with Gasteiger partial charge in [0.15, 0.2) is 0 Å². The molecule has 0 atom stereocenters. The minimum absolute atomic E-state index is 0.667. The van der Waals surface area contributed by atoms with E-state index in [9.17, 15) is 0 Å². The predicted molar refractivity (Wildman–Crippen MR) is 81.0 cm³/mol. The number of rotatable bonds is 9. The van der Waals surface area contributed by atoms with Gasteiger partial charge < -0.3 is 9.73 Å². The molecule has 0 radical (unpaired) electrons. The van der Waals surface area contributed by atoms with Gasteiger partial charge >= 0.3 is 0 Å². The zero-order chi connectivity index (χ0) is 14.3. The number of nitrogens with one attached hydrogen (secondary N) is 1. The van der Waals surface area contributed by atoms with E-state index in [0.29, 0.717) is 5.92 Å². The summed E-state index contributed by atoms with van der Waals surface area (Å²) in [7, 11) is 0. The van der Waals surface area contributed by atoms with Crippen molar-refractivity contribution < 1.29 is 4.42 Å². The van der Waals surface area contributed by atoms with Crippen LogP contribution in [0.5, 0.6) is 0 Å². The molecule has 0 aliphatic heterocycles. The van der Waals surface area contributed by atoms with Crippen molar-refractivity contribution in [2.24, 2.45) is 5.92 Å². The van der Waals surface area contributed by atoms with Crippen LogP contribution in [0.1, 0.15) is 39.2 Å². The van der Waals surface area contributed by atoms with Crippen molar-refractivity contribution in [2.45, 2.75) is 40.8 Å². The smallest absolute Gasteiger partial charge is 0.118 e. The van der Waals surface area contributed by atoms with E-state index in [1.165, 1.54) is 5.57 Å². The molecule has 1 aromatic heterocycles. The Labute approximate surface area is 117 Å². The van der Waals surface area contributed by atoms with E-state index in [4.69, 9.17) is 4.42 Å². The van der Waals surface area contributed by atoms with Crippen molar-refractivity contribution in [2.75, 3.05) is 19.6 Å². The fourth-order valence-corrected chi connectivity index (χ4v) is 1.97. The molecule has 0 unspecified atom stereocenters. The standard InChI is InChI=1S/C16H28N2O/c1-6-18(11-14(4)5)12-16-8-7-15(19-16)10-17-9-13(2)3/h7-8,13,17H,4,6,9-12H2,1-3,5H3. The summed E-state index contributed by atoms with van der Waals surface area (Å²) in [4.78, 5) is 2.33. The summed E-state index contributed by atoms with van der Waals surface area (Å²) >= 11 is 0. The Morgan fingerprint density at radius 3 is 2.63 bits per heavy atom. The zero-order valence-corrected chi connectivity index (χ0v) is 12.8. The molecule has 1 N–H and O–H groups in total. The molecule has 3 heteroatoms. The van der Waals surface area contributed by atoms with Gasteiger partial charge in [-0.1, -0.05) is 32.9 Å². The molecule has 1 rings (SSSR count). The van der Waals surface area contributed by atoms with Crippen LogP contribution < -0.4 is 5.32 Å². The maximum Gasteiger partial charge on any atom is 0.118 e. The topological polar surface area (TPSA) is 28.4 Å².